The molecule has 0 spiro atoms. The van der Waals surface area contributed by atoms with Crippen LogP contribution in [0.4, 0.5) is 5.13 Å². The highest BCUT2D eigenvalue weighted by molar-refractivity contribution is 8.01. The van der Waals surface area contributed by atoms with Crippen LogP contribution in [0.15, 0.2) is 4.34 Å². The third kappa shape index (κ3) is 3.32. The zero-order valence-electron chi connectivity index (χ0n) is 9.84. The molecule has 5 nitrogen and oxygen atoms in total. The van der Waals surface area contributed by atoms with Crippen LogP contribution >= 0.6 is 23.1 Å². The second kappa shape index (κ2) is 4.81. The number of rotatable bonds is 4. The maximum absolute atomic E-state index is 10.4. The number of hydrogen-bond acceptors (Lipinski definition) is 6. The number of carboxylic acids is 1. The van der Waals surface area contributed by atoms with Crippen LogP contribution in [0.1, 0.15) is 20.3 Å². The van der Waals surface area contributed by atoms with E-state index in [4.69, 9.17) is 5.11 Å². The Bertz CT molecular complexity index is 419. The van der Waals surface area contributed by atoms with Crippen molar-refractivity contribution in [3.8, 4) is 0 Å². The third-order valence-corrected chi connectivity index (χ3v) is 4.76. The molecule has 1 N–H and O–H groups in total. The molecule has 94 valence electrons. The highest BCUT2D eigenvalue weighted by atomic mass is 32.2. The van der Waals surface area contributed by atoms with Crippen LogP contribution in [0.5, 0.6) is 0 Å². The lowest BCUT2D eigenvalue weighted by Gasteiger charge is -2.18. The lowest BCUT2D eigenvalue weighted by Crippen LogP contribution is -2.22. The van der Waals surface area contributed by atoms with Crippen molar-refractivity contribution in [3.63, 3.8) is 0 Å². The Balaban J connectivity index is 1.97. The number of carbonyl (C=O) groups is 1. The van der Waals surface area contributed by atoms with E-state index in [1.54, 1.807) is 0 Å². The van der Waals surface area contributed by atoms with Gasteiger partial charge in [-0.15, -0.1) is 10.2 Å². The summed E-state index contributed by atoms with van der Waals surface area (Å²) in [6.45, 7) is 6.48. The molecule has 0 atom stereocenters. The fraction of sp³-hybridized carbons (Fsp3) is 0.700. The summed E-state index contributed by atoms with van der Waals surface area (Å²) < 4.78 is 0.729. The van der Waals surface area contributed by atoms with Crippen LogP contribution in [0.25, 0.3) is 0 Å². The van der Waals surface area contributed by atoms with Gasteiger partial charge in [-0.2, -0.15) is 0 Å². The lowest BCUT2D eigenvalue weighted by atomic mass is 9.93. The van der Waals surface area contributed by atoms with Crippen molar-refractivity contribution in [2.75, 3.05) is 23.7 Å². The van der Waals surface area contributed by atoms with Crippen LogP contribution in [-0.4, -0.2) is 40.1 Å². The summed E-state index contributed by atoms with van der Waals surface area (Å²) in [5, 5.41) is 17.6. The Morgan fingerprint density at radius 1 is 1.59 bits per heavy atom. The summed E-state index contributed by atoms with van der Waals surface area (Å²) >= 11 is 2.70. The number of thioether (sulfide) groups is 1. The zero-order chi connectivity index (χ0) is 12.5. The number of carboxylic acid groups (broad SMARTS) is 1. The fourth-order valence-electron chi connectivity index (χ4n) is 1.79. The van der Waals surface area contributed by atoms with Gasteiger partial charge in [-0.3, -0.25) is 4.79 Å². The first-order valence-electron chi connectivity index (χ1n) is 5.39. The fourth-order valence-corrected chi connectivity index (χ4v) is 3.37. The highest BCUT2D eigenvalue weighted by Gasteiger charge is 2.31. The third-order valence-electron chi connectivity index (χ3n) is 2.66. The molecule has 0 aliphatic carbocycles. The predicted octanol–water partition coefficient (Wildman–Crippen LogP) is 1.95. The van der Waals surface area contributed by atoms with Gasteiger partial charge in [0.2, 0.25) is 5.13 Å². The molecule has 1 aromatic rings. The molecular formula is C10H15N3O2S2. The van der Waals surface area contributed by atoms with E-state index in [0.29, 0.717) is 5.41 Å². The summed E-state index contributed by atoms with van der Waals surface area (Å²) in [7, 11) is 0. The van der Waals surface area contributed by atoms with E-state index in [9.17, 15) is 4.79 Å². The molecule has 7 heteroatoms. The minimum absolute atomic E-state index is 0.0418. The van der Waals surface area contributed by atoms with Gasteiger partial charge in [-0.05, 0) is 11.8 Å². The van der Waals surface area contributed by atoms with Crippen LogP contribution in [0.2, 0.25) is 0 Å². The summed E-state index contributed by atoms with van der Waals surface area (Å²) in [5.74, 6) is -0.783. The van der Waals surface area contributed by atoms with Crippen LogP contribution < -0.4 is 4.90 Å². The van der Waals surface area contributed by atoms with Crippen molar-refractivity contribution in [3.05, 3.63) is 0 Å². The van der Waals surface area contributed by atoms with Gasteiger partial charge in [-0.25, -0.2) is 0 Å². The molecule has 1 aliphatic heterocycles. The second-order valence-electron chi connectivity index (χ2n) is 4.87. The monoisotopic (exact) mass is 273 g/mol. The standard InChI is InChI=1S/C10H15N3O2S2/c1-10(2)3-4-13(6-10)8-11-12-9(17-8)16-5-7(14)15/h3-6H2,1-2H3,(H,14,15). The smallest absolute Gasteiger partial charge is 0.313 e. The SMILES string of the molecule is CC1(C)CCN(c2nnc(SCC(=O)O)s2)C1. The van der Waals surface area contributed by atoms with Gasteiger partial charge in [0.05, 0.1) is 5.75 Å². The Morgan fingerprint density at radius 2 is 2.35 bits per heavy atom. The first-order chi connectivity index (χ1) is 7.96. The van der Waals surface area contributed by atoms with E-state index in [0.717, 1.165) is 29.0 Å². The molecule has 2 heterocycles. The minimum Gasteiger partial charge on any atom is -0.481 e. The molecule has 1 aromatic heterocycles. The first-order valence-corrected chi connectivity index (χ1v) is 7.19. The summed E-state index contributed by atoms with van der Waals surface area (Å²) in [6.07, 6.45) is 1.16. The van der Waals surface area contributed by atoms with Gasteiger partial charge in [0.15, 0.2) is 4.34 Å². The van der Waals surface area contributed by atoms with Crippen molar-refractivity contribution >= 4 is 34.2 Å². The van der Waals surface area contributed by atoms with E-state index in [1.807, 2.05) is 0 Å². The van der Waals surface area contributed by atoms with Gasteiger partial charge < -0.3 is 10.0 Å². The number of aliphatic carboxylic acids is 1. The highest BCUT2D eigenvalue weighted by Crippen LogP contribution is 2.35. The average molecular weight is 273 g/mol. The molecule has 0 saturated carbocycles. The first kappa shape index (κ1) is 12.6. The molecule has 17 heavy (non-hydrogen) atoms. The Morgan fingerprint density at radius 3 is 2.94 bits per heavy atom. The van der Waals surface area contributed by atoms with E-state index in [1.165, 1.54) is 23.1 Å². The van der Waals surface area contributed by atoms with Crippen molar-refractivity contribution in [1.82, 2.24) is 10.2 Å². The van der Waals surface area contributed by atoms with Crippen molar-refractivity contribution in [2.45, 2.75) is 24.6 Å². The number of aromatic nitrogens is 2. The molecule has 0 unspecified atom stereocenters. The number of hydrogen-bond donors (Lipinski definition) is 1. The minimum atomic E-state index is -0.825. The van der Waals surface area contributed by atoms with Gasteiger partial charge in [0.1, 0.15) is 0 Å². The molecular weight excluding hydrogens is 258 g/mol. The maximum Gasteiger partial charge on any atom is 0.313 e. The topological polar surface area (TPSA) is 66.3 Å². The van der Waals surface area contributed by atoms with Gasteiger partial charge in [0.25, 0.3) is 0 Å². The predicted molar refractivity (Wildman–Crippen MR) is 68.9 cm³/mol. The summed E-state index contributed by atoms with van der Waals surface area (Å²) in [6, 6.07) is 0. The molecule has 1 saturated heterocycles. The zero-order valence-corrected chi connectivity index (χ0v) is 11.5. The quantitative estimate of drug-likeness (QED) is 0.846. The van der Waals surface area contributed by atoms with Crippen LogP contribution in [0.3, 0.4) is 0 Å². The maximum atomic E-state index is 10.4. The largest absolute Gasteiger partial charge is 0.481 e. The van der Waals surface area contributed by atoms with Crippen LogP contribution in [-0.2, 0) is 4.79 Å². The Labute approximate surface area is 108 Å². The summed E-state index contributed by atoms with van der Waals surface area (Å²) in [5.41, 5.74) is 0.333. The van der Waals surface area contributed by atoms with E-state index < -0.39 is 5.97 Å². The molecule has 0 amide bonds. The normalized spacial score (nSPS) is 18.6. The molecule has 2 rings (SSSR count). The van der Waals surface area contributed by atoms with Gasteiger partial charge in [-0.1, -0.05) is 36.9 Å². The Hall–Kier alpha value is -0.820. The van der Waals surface area contributed by atoms with E-state index in [2.05, 4.69) is 28.9 Å². The van der Waals surface area contributed by atoms with Crippen LogP contribution in [0, 0.1) is 5.41 Å². The number of nitrogens with zero attached hydrogens (tertiary/aromatic N) is 3. The van der Waals surface area contributed by atoms with Gasteiger partial charge in [0, 0.05) is 13.1 Å². The molecule has 0 radical (unpaired) electrons. The molecule has 1 aliphatic rings. The van der Waals surface area contributed by atoms with E-state index in [-0.39, 0.29) is 5.75 Å². The molecule has 0 bridgehead atoms. The number of anilines is 1. The average Bonchev–Trinajstić information content (AvgIpc) is 2.81. The second-order valence-corrected chi connectivity index (χ2v) is 7.05. The Kier molecular flexibility index (Phi) is 3.58. The molecule has 0 aromatic carbocycles. The summed E-state index contributed by atoms with van der Waals surface area (Å²) in [4.78, 5) is 12.7. The van der Waals surface area contributed by atoms with Crippen molar-refractivity contribution < 1.29 is 9.90 Å². The van der Waals surface area contributed by atoms with Crippen molar-refractivity contribution in [1.29, 1.82) is 0 Å². The van der Waals surface area contributed by atoms with E-state index >= 15 is 0 Å². The van der Waals surface area contributed by atoms with Crippen molar-refractivity contribution in [2.24, 2.45) is 5.41 Å². The van der Waals surface area contributed by atoms with Gasteiger partial charge >= 0.3 is 5.97 Å². The molecule has 1 fully saturated rings. The lowest BCUT2D eigenvalue weighted by molar-refractivity contribution is -0.133.